The normalized spacial score (nSPS) is 24.8. The second kappa shape index (κ2) is 15.8. The van der Waals surface area contributed by atoms with Crippen LogP contribution in [0.3, 0.4) is 0 Å². The van der Waals surface area contributed by atoms with Gasteiger partial charge in [0.25, 0.3) is 0 Å². The van der Waals surface area contributed by atoms with Gasteiger partial charge in [0.15, 0.2) is 6.29 Å². The molecule has 43 heavy (non-hydrogen) atoms. The van der Waals surface area contributed by atoms with Crippen LogP contribution in [0.2, 0.25) is 0 Å². The minimum atomic E-state index is -0.800. The van der Waals surface area contributed by atoms with Crippen LogP contribution in [0.15, 0.2) is 48.5 Å². The van der Waals surface area contributed by atoms with E-state index in [-0.39, 0.29) is 31.1 Å². The fraction of sp³-hybridized carbons (Fsp3) is 0.588. The highest BCUT2D eigenvalue weighted by atomic mass is 16.7. The number of hydrogen-bond acceptors (Lipinski definition) is 7. The highest BCUT2D eigenvalue weighted by Crippen LogP contribution is 2.39. The van der Waals surface area contributed by atoms with E-state index in [1.165, 1.54) is 38.8 Å². The molecule has 4 atom stereocenters. The molecule has 3 fully saturated rings. The molecular formula is C34H47N3O6. The third-order valence-corrected chi connectivity index (χ3v) is 8.98. The van der Waals surface area contributed by atoms with Gasteiger partial charge in [-0.3, -0.25) is 14.5 Å². The number of carbonyl (C=O) groups is 2. The molecule has 0 unspecified atom stereocenters. The lowest BCUT2D eigenvalue weighted by atomic mass is 9.99. The van der Waals surface area contributed by atoms with Crippen molar-refractivity contribution in [1.82, 2.24) is 9.80 Å². The summed E-state index contributed by atoms with van der Waals surface area (Å²) < 4.78 is 13.2. The van der Waals surface area contributed by atoms with Gasteiger partial charge in [0, 0.05) is 49.6 Å². The number of carboxylic acids is 1. The summed E-state index contributed by atoms with van der Waals surface area (Å²) in [5, 5.41) is 21.2. The molecule has 0 saturated carbocycles. The van der Waals surface area contributed by atoms with Gasteiger partial charge in [-0.2, -0.15) is 0 Å². The van der Waals surface area contributed by atoms with Crippen LogP contribution < -0.4 is 5.32 Å². The van der Waals surface area contributed by atoms with Gasteiger partial charge in [0.2, 0.25) is 5.91 Å². The number of aliphatic carboxylic acids is 1. The van der Waals surface area contributed by atoms with Crippen LogP contribution in [0.1, 0.15) is 93.3 Å². The number of anilines is 1. The molecule has 5 rings (SSSR count). The summed E-state index contributed by atoms with van der Waals surface area (Å²) in [7, 11) is 0. The molecule has 2 aromatic carbocycles. The lowest BCUT2D eigenvalue weighted by Gasteiger charge is -2.39. The molecule has 3 aliphatic heterocycles. The smallest absolute Gasteiger partial charge is 0.303 e. The highest BCUT2D eigenvalue weighted by molar-refractivity contribution is 5.90. The molecule has 0 spiro atoms. The maximum Gasteiger partial charge on any atom is 0.303 e. The number of amides is 1. The van der Waals surface area contributed by atoms with Crippen molar-refractivity contribution in [3.05, 3.63) is 65.2 Å². The summed E-state index contributed by atoms with van der Waals surface area (Å²) in [6, 6.07) is 16.2. The summed E-state index contributed by atoms with van der Waals surface area (Å²) in [5.74, 6) is -0.876. The zero-order valence-electron chi connectivity index (χ0n) is 25.2. The van der Waals surface area contributed by atoms with Crippen molar-refractivity contribution in [2.45, 2.75) is 95.4 Å². The number of unbranched alkanes of at least 4 members (excludes halogenated alkanes) is 2. The molecule has 3 aliphatic rings. The molecule has 9 heteroatoms. The molecule has 9 nitrogen and oxygen atoms in total. The number of aliphatic hydroxyl groups is 1. The van der Waals surface area contributed by atoms with Crippen LogP contribution in [-0.2, 0) is 25.7 Å². The summed E-state index contributed by atoms with van der Waals surface area (Å²) in [4.78, 5) is 28.3. The fourth-order valence-corrected chi connectivity index (χ4v) is 6.59. The summed E-state index contributed by atoms with van der Waals surface area (Å²) >= 11 is 0. The SMILES string of the molecule is O=C(O)CCCCCC(=O)Nc1ccc([C@@H]2O[C@H](CN3CCC[C@H]3CN3CCCC3)C[C@H](c3ccc(CO)cc3)O2)cc1. The summed E-state index contributed by atoms with van der Waals surface area (Å²) in [6.07, 6.45) is 7.69. The number of nitrogens with one attached hydrogen (secondary N) is 1. The Morgan fingerprint density at radius 3 is 2.28 bits per heavy atom. The van der Waals surface area contributed by atoms with E-state index in [4.69, 9.17) is 14.6 Å². The van der Waals surface area contributed by atoms with Crippen LogP contribution in [-0.4, -0.2) is 76.8 Å². The Kier molecular flexibility index (Phi) is 11.6. The predicted molar refractivity (Wildman–Crippen MR) is 164 cm³/mol. The molecule has 0 aromatic heterocycles. The average molecular weight is 594 g/mol. The summed E-state index contributed by atoms with van der Waals surface area (Å²) in [6.45, 7) is 5.58. The molecular weight excluding hydrogens is 546 g/mol. The largest absolute Gasteiger partial charge is 0.481 e. The molecule has 234 valence electrons. The van der Waals surface area contributed by atoms with Gasteiger partial charge in [0.05, 0.1) is 18.8 Å². The zero-order valence-corrected chi connectivity index (χ0v) is 25.2. The first-order valence-corrected chi connectivity index (χ1v) is 16.1. The quantitative estimate of drug-likeness (QED) is 0.255. The second-order valence-corrected chi connectivity index (χ2v) is 12.3. The average Bonchev–Trinajstić information content (AvgIpc) is 3.69. The minimum Gasteiger partial charge on any atom is -0.481 e. The van der Waals surface area contributed by atoms with E-state index in [1.54, 1.807) is 0 Å². The number of carbonyl (C=O) groups excluding carboxylic acids is 1. The molecule has 0 bridgehead atoms. The molecule has 3 heterocycles. The number of rotatable bonds is 14. The summed E-state index contributed by atoms with van der Waals surface area (Å²) in [5.41, 5.74) is 3.58. The number of nitrogens with zero attached hydrogens (tertiary/aromatic N) is 2. The standard InChI is InChI=1S/C34H47N3O6/c38-24-25-10-12-26(13-11-25)31-21-30(23-37-20-6-7-29(37)22-36-18-4-5-19-36)42-34(43-31)27-14-16-28(17-15-27)35-32(39)8-2-1-3-9-33(40)41/h10-17,29-31,34,38H,1-9,18-24H2,(H,35,39)(H,40,41)/t29-,30-,31+,34+/m0/s1. The Balaban J connectivity index is 1.22. The van der Waals surface area contributed by atoms with Crippen LogP contribution in [0.25, 0.3) is 0 Å². The number of aliphatic hydroxyl groups excluding tert-OH is 1. The first-order valence-electron chi connectivity index (χ1n) is 16.1. The molecule has 3 N–H and O–H groups in total. The van der Waals surface area contributed by atoms with Gasteiger partial charge in [-0.15, -0.1) is 0 Å². The van der Waals surface area contributed by atoms with Gasteiger partial charge < -0.3 is 29.9 Å². The van der Waals surface area contributed by atoms with E-state index in [2.05, 4.69) is 15.1 Å². The van der Waals surface area contributed by atoms with Crippen molar-refractivity contribution in [2.24, 2.45) is 0 Å². The van der Waals surface area contributed by atoms with Crippen molar-refractivity contribution in [3.8, 4) is 0 Å². The first kappa shape index (κ1) is 31.6. The van der Waals surface area contributed by atoms with Crippen LogP contribution in [0.4, 0.5) is 5.69 Å². The molecule has 0 radical (unpaired) electrons. The van der Waals surface area contributed by atoms with E-state index in [0.29, 0.717) is 31.0 Å². The first-order chi connectivity index (χ1) is 21.0. The number of ether oxygens (including phenoxy) is 2. The van der Waals surface area contributed by atoms with Crippen molar-refractivity contribution in [3.63, 3.8) is 0 Å². The molecule has 2 aromatic rings. The van der Waals surface area contributed by atoms with Gasteiger partial charge in [-0.1, -0.05) is 42.8 Å². The Hall–Kier alpha value is -2.82. The van der Waals surface area contributed by atoms with Crippen molar-refractivity contribution < 1.29 is 29.3 Å². The van der Waals surface area contributed by atoms with Crippen molar-refractivity contribution in [2.75, 3.05) is 38.0 Å². The van der Waals surface area contributed by atoms with Gasteiger partial charge in [0.1, 0.15) is 0 Å². The third-order valence-electron chi connectivity index (χ3n) is 8.98. The predicted octanol–water partition coefficient (Wildman–Crippen LogP) is 5.26. The topological polar surface area (TPSA) is 112 Å². The van der Waals surface area contributed by atoms with Crippen LogP contribution in [0, 0.1) is 0 Å². The maximum absolute atomic E-state index is 12.4. The number of likely N-dealkylation sites (tertiary alicyclic amines) is 2. The lowest BCUT2D eigenvalue weighted by molar-refractivity contribution is -0.253. The third kappa shape index (κ3) is 9.33. The van der Waals surface area contributed by atoms with Crippen molar-refractivity contribution >= 4 is 17.6 Å². The Morgan fingerprint density at radius 1 is 0.837 bits per heavy atom. The van der Waals surface area contributed by atoms with E-state index in [1.807, 2.05) is 48.5 Å². The second-order valence-electron chi connectivity index (χ2n) is 12.3. The minimum absolute atomic E-state index is 0.0148. The Morgan fingerprint density at radius 2 is 1.56 bits per heavy atom. The Bertz CT molecular complexity index is 1170. The monoisotopic (exact) mass is 593 g/mol. The van der Waals surface area contributed by atoms with Crippen LogP contribution >= 0.6 is 0 Å². The van der Waals surface area contributed by atoms with E-state index < -0.39 is 12.3 Å². The number of carboxylic acid groups (broad SMARTS) is 1. The zero-order chi connectivity index (χ0) is 30.0. The van der Waals surface area contributed by atoms with Gasteiger partial charge in [-0.05, 0) is 81.4 Å². The van der Waals surface area contributed by atoms with E-state index in [9.17, 15) is 14.7 Å². The molecule has 1 amide bonds. The number of benzene rings is 2. The highest BCUT2D eigenvalue weighted by Gasteiger charge is 2.36. The van der Waals surface area contributed by atoms with Crippen molar-refractivity contribution in [1.29, 1.82) is 0 Å². The fourth-order valence-electron chi connectivity index (χ4n) is 6.59. The maximum atomic E-state index is 12.4. The van der Waals surface area contributed by atoms with E-state index >= 15 is 0 Å². The van der Waals surface area contributed by atoms with Gasteiger partial charge in [-0.25, -0.2) is 0 Å². The van der Waals surface area contributed by atoms with Crippen LogP contribution in [0.5, 0.6) is 0 Å². The molecule has 3 saturated heterocycles. The van der Waals surface area contributed by atoms with Gasteiger partial charge >= 0.3 is 5.97 Å². The van der Waals surface area contributed by atoms with E-state index in [0.717, 1.165) is 49.2 Å². The number of hydrogen-bond donors (Lipinski definition) is 3. The Labute approximate surface area is 255 Å². The molecule has 0 aliphatic carbocycles. The lowest BCUT2D eigenvalue weighted by Crippen LogP contribution is -2.45.